The Morgan fingerprint density at radius 3 is 2.94 bits per heavy atom. The first kappa shape index (κ1) is 11.3. The van der Waals surface area contributed by atoms with Crippen molar-refractivity contribution in [2.24, 2.45) is 0 Å². The molecule has 0 atom stereocenters. The second kappa shape index (κ2) is 4.81. The molecule has 92 valence electrons. The molecule has 2 aromatic rings. The van der Waals surface area contributed by atoms with Crippen molar-refractivity contribution in [3.05, 3.63) is 59.4 Å². The van der Waals surface area contributed by atoms with Crippen LogP contribution in [0.25, 0.3) is 0 Å². The summed E-state index contributed by atoms with van der Waals surface area (Å²) in [6.45, 7) is 4.20. The highest BCUT2D eigenvalue weighted by Crippen LogP contribution is 2.28. The lowest BCUT2D eigenvalue weighted by atomic mass is 10.0. The molecule has 3 rings (SSSR count). The average molecular weight is 238 g/mol. The van der Waals surface area contributed by atoms with Gasteiger partial charge in [-0.25, -0.2) is 0 Å². The first-order chi connectivity index (χ1) is 8.84. The smallest absolute Gasteiger partial charge is 0.0447 e. The zero-order chi connectivity index (χ0) is 12.4. The van der Waals surface area contributed by atoms with E-state index in [1.165, 1.54) is 29.7 Å². The Morgan fingerprint density at radius 1 is 1.17 bits per heavy atom. The highest BCUT2D eigenvalue weighted by molar-refractivity contribution is 5.55. The Kier molecular flexibility index (Phi) is 3.01. The lowest BCUT2D eigenvalue weighted by Gasteiger charge is -2.31. The molecule has 2 heteroatoms. The van der Waals surface area contributed by atoms with E-state index in [0.29, 0.717) is 0 Å². The summed E-state index contributed by atoms with van der Waals surface area (Å²) in [5.74, 6) is 0. The number of anilines is 1. The van der Waals surface area contributed by atoms with Gasteiger partial charge in [0.15, 0.2) is 0 Å². The molecule has 1 aliphatic rings. The fourth-order valence-corrected chi connectivity index (χ4v) is 2.67. The highest BCUT2D eigenvalue weighted by Gasteiger charge is 2.16. The molecule has 0 N–H and O–H groups in total. The first-order valence-electron chi connectivity index (χ1n) is 6.58. The van der Waals surface area contributed by atoms with Gasteiger partial charge in [0.25, 0.3) is 0 Å². The molecule has 0 saturated carbocycles. The van der Waals surface area contributed by atoms with Crippen LogP contribution in [-0.2, 0) is 13.0 Å². The maximum Gasteiger partial charge on any atom is 0.0447 e. The Labute approximate surface area is 108 Å². The van der Waals surface area contributed by atoms with E-state index in [0.717, 1.165) is 18.8 Å². The number of aryl methyl sites for hydroxylation is 2. The SMILES string of the molecule is Cc1ncccc1CN1CCCc2ccccc21. The number of rotatable bonds is 2. The van der Waals surface area contributed by atoms with Crippen LogP contribution >= 0.6 is 0 Å². The van der Waals surface area contributed by atoms with Gasteiger partial charge in [-0.3, -0.25) is 4.98 Å². The molecule has 18 heavy (non-hydrogen) atoms. The summed E-state index contributed by atoms with van der Waals surface area (Å²) >= 11 is 0. The molecule has 0 bridgehead atoms. The van der Waals surface area contributed by atoms with Gasteiger partial charge in [0.1, 0.15) is 0 Å². The summed E-state index contributed by atoms with van der Waals surface area (Å²) in [5, 5.41) is 0. The van der Waals surface area contributed by atoms with Crippen molar-refractivity contribution in [3.8, 4) is 0 Å². The van der Waals surface area contributed by atoms with E-state index >= 15 is 0 Å². The van der Waals surface area contributed by atoms with Crippen LogP contribution in [0.1, 0.15) is 23.2 Å². The van der Waals surface area contributed by atoms with Gasteiger partial charge in [-0.1, -0.05) is 24.3 Å². The van der Waals surface area contributed by atoms with Gasteiger partial charge in [0.2, 0.25) is 0 Å². The van der Waals surface area contributed by atoms with Crippen molar-refractivity contribution >= 4 is 5.69 Å². The molecular weight excluding hydrogens is 220 g/mol. The second-order valence-corrected chi connectivity index (χ2v) is 4.90. The largest absolute Gasteiger partial charge is 0.367 e. The summed E-state index contributed by atoms with van der Waals surface area (Å²) < 4.78 is 0. The maximum absolute atomic E-state index is 4.37. The van der Waals surface area contributed by atoms with Gasteiger partial charge in [0, 0.05) is 30.7 Å². The van der Waals surface area contributed by atoms with Crippen LogP contribution in [0.5, 0.6) is 0 Å². The fourth-order valence-electron chi connectivity index (χ4n) is 2.67. The third-order valence-electron chi connectivity index (χ3n) is 3.68. The van der Waals surface area contributed by atoms with Gasteiger partial charge in [-0.05, 0) is 43.0 Å². The van der Waals surface area contributed by atoms with E-state index in [1.807, 2.05) is 12.3 Å². The van der Waals surface area contributed by atoms with Crippen LogP contribution in [0.3, 0.4) is 0 Å². The number of hydrogen-bond acceptors (Lipinski definition) is 2. The van der Waals surface area contributed by atoms with Gasteiger partial charge in [-0.2, -0.15) is 0 Å². The molecule has 0 fully saturated rings. The number of pyridine rings is 1. The van der Waals surface area contributed by atoms with E-state index in [2.05, 4.69) is 47.1 Å². The molecule has 0 aliphatic carbocycles. The highest BCUT2D eigenvalue weighted by atomic mass is 15.1. The third kappa shape index (κ3) is 2.10. The summed E-state index contributed by atoms with van der Waals surface area (Å²) in [6.07, 6.45) is 4.32. The van der Waals surface area contributed by atoms with Gasteiger partial charge in [-0.15, -0.1) is 0 Å². The quantitative estimate of drug-likeness (QED) is 0.797. The molecular formula is C16H18N2. The zero-order valence-corrected chi connectivity index (χ0v) is 10.8. The number of para-hydroxylation sites is 1. The van der Waals surface area contributed by atoms with E-state index in [9.17, 15) is 0 Å². The van der Waals surface area contributed by atoms with Crippen LogP contribution in [0.2, 0.25) is 0 Å². The number of aromatic nitrogens is 1. The third-order valence-corrected chi connectivity index (χ3v) is 3.68. The van der Waals surface area contributed by atoms with E-state index in [-0.39, 0.29) is 0 Å². The lowest BCUT2D eigenvalue weighted by molar-refractivity contribution is 0.688. The molecule has 0 amide bonds. The summed E-state index contributed by atoms with van der Waals surface area (Å²) in [4.78, 5) is 6.85. The molecule has 0 saturated heterocycles. The molecule has 1 aromatic heterocycles. The average Bonchev–Trinajstić information content (AvgIpc) is 2.42. The number of fused-ring (bicyclic) bond motifs is 1. The standard InChI is InChI=1S/C16H18N2/c1-13-15(7-4-10-17-13)12-18-11-5-8-14-6-2-3-9-16(14)18/h2-4,6-7,9-10H,5,8,11-12H2,1H3. The summed E-state index contributed by atoms with van der Waals surface area (Å²) in [7, 11) is 0. The van der Waals surface area contributed by atoms with Gasteiger partial charge < -0.3 is 4.90 Å². The van der Waals surface area contributed by atoms with Crippen LogP contribution in [0.15, 0.2) is 42.6 Å². The van der Waals surface area contributed by atoms with Crippen molar-refractivity contribution in [1.82, 2.24) is 4.98 Å². The molecule has 0 spiro atoms. The Hall–Kier alpha value is -1.83. The molecule has 1 aromatic carbocycles. The number of nitrogens with zero attached hydrogens (tertiary/aromatic N) is 2. The lowest BCUT2D eigenvalue weighted by Crippen LogP contribution is -2.29. The van der Waals surface area contributed by atoms with E-state index in [1.54, 1.807) is 0 Å². The van der Waals surface area contributed by atoms with Gasteiger partial charge in [0.05, 0.1) is 0 Å². The second-order valence-electron chi connectivity index (χ2n) is 4.90. The minimum atomic E-state index is 0.969. The minimum absolute atomic E-state index is 0.969. The predicted octanol–water partition coefficient (Wildman–Crippen LogP) is 3.34. The topological polar surface area (TPSA) is 16.1 Å². The van der Waals surface area contributed by atoms with Crippen molar-refractivity contribution in [2.75, 3.05) is 11.4 Å². The van der Waals surface area contributed by atoms with Crippen LogP contribution in [0.4, 0.5) is 5.69 Å². The fraction of sp³-hybridized carbons (Fsp3) is 0.312. The van der Waals surface area contributed by atoms with Crippen molar-refractivity contribution in [2.45, 2.75) is 26.3 Å². The Morgan fingerprint density at radius 2 is 2.06 bits per heavy atom. The van der Waals surface area contributed by atoms with E-state index in [4.69, 9.17) is 0 Å². The molecule has 0 unspecified atom stereocenters. The van der Waals surface area contributed by atoms with Crippen molar-refractivity contribution < 1.29 is 0 Å². The Bertz CT molecular complexity index is 548. The van der Waals surface area contributed by atoms with Crippen LogP contribution in [0, 0.1) is 6.92 Å². The van der Waals surface area contributed by atoms with Gasteiger partial charge >= 0.3 is 0 Å². The zero-order valence-electron chi connectivity index (χ0n) is 10.8. The summed E-state index contributed by atoms with van der Waals surface area (Å²) in [6, 6.07) is 13.0. The molecule has 2 nitrogen and oxygen atoms in total. The van der Waals surface area contributed by atoms with E-state index < -0.39 is 0 Å². The number of benzene rings is 1. The first-order valence-corrected chi connectivity index (χ1v) is 6.58. The molecule has 0 radical (unpaired) electrons. The monoisotopic (exact) mass is 238 g/mol. The normalized spacial score (nSPS) is 14.4. The van der Waals surface area contributed by atoms with Crippen LogP contribution < -0.4 is 4.90 Å². The predicted molar refractivity (Wildman–Crippen MR) is 74.8 cm³/mol. The Balaban J connectivity index is 1.89. The van der Waals surface area contributed by atoms with Crippen LogP contribution in [-0.4, -0.2) is 11.5 Å². The molecule has 1 aliphatic heterocycles. The van der Waals surface area contributed by atoms with Crippen molar-refractivity contribution in [1.29, 1.82) is 0 Å². The maximum atomic E-state index is 4.37. The van der Waals surface area contributed by atoms with Crippen molar-refractivity contribution in [3.63, 3.8) is 0 Å². The molecule has 2 heterocycles. The number of hydrogen-bond donors (Lipinski definition) is 0. The summed E-state index contributed by atoms with van der Waals surface area (Å²) in [5.41, 5.74) is 5.34. The minimum Gasteiger partial charge on any atom is -0.367 e.